The van der Waals surface area contributed by atoms with Gasteiger partial charge in [-0.2, -0.15) is 0 Å². The fourth-order valence-electron chi connectivity index (χ4n) is 2.94. The highest BCUT2D eigenvalue weighted by atomic mass is 19.1. The van der Waals surface area contributed by atoms with Gasteiger partial charge in [0.25, 0.3) is 0 Å². The number of anilines is 2. The van der Waals surface area contributed by atoms with E-state index in [1.807, 2.05) is 24.3 Å². The molecule has 2 aromatic rings. The van der Waals surface area contributed by atoms with Crippen LogP contribution in [-0.4, -0.2) is 43.7 Å². The maximum Gasteiger partial charge on any atom is 0.321 e. The van der Waals surface area contributed by atoms with Crippen LogP contribution in [-0.2, 0) is 0 Å². The Morgan fingerprint density at radius 3 is 2.76 bits per heavy atom. The highest BCUT2D eigenvalue weighted by Gasteiger charge is 2.26. The number of ether oxygens (including phenoxy) is 1. The molecule has 1 aliphatic heterocycles. The molecule has 0 fully saturated rings. The first-order valence-corrected chi connectivity index (χ1v) is 8.35. The van der Waals surface area contributed by atoms with Crippen molar-refractivity contribution in [3.05, 3.63) is 54.3 Å². The number of hydrogen-bond acceptors (Lipinski definition) is 3. The van der Waals surface area contributed by atoms with E-state index >= 15 is 0 Å². The van der Waals surface area contributed by atoms with Gasteiger partial charge in [0.15, 0.2) is 0 Å². The van der Waals surface area contributed by atoms with Crippen molar-refractivity contribution in [1.29, 1.82) is 0 Å². The van der Waals surface area contributed by atoms with E-state index in [4.69, 9.17) is 4.74 Å². The molecule has 0 aromatic heterocycles. The Hall–Kier alpha value is -2.76. The van der Waals surface area contributed by atoms with Gasteiger partial charge in [0, 0.05) is 13.6 Å². The number of urea groups is 1. The largest absolute Gasteiger partial charge is 0.485 e. The fraction of sp³-hybridized carbons (Fsp3) is 0.316. The zero-order chi connectivity index (χ0) is 17.8. The molecule has 132 valence electrons. The zero-order valence-electron chi connectivity index (χ0n) is 14.4. The van der Waals surface area contributed by atoms with Crippen molar-refractivity contribution in [3.63, 3.8) is 0 Å². The number of para-hydroxylation sites is 3. The zero-order valence-corrected chi connectivity index (χ0v) is 14.4. The molecule has 1 aliphatic rings. The van der Waals surface area contributed by atoms with E-state index in [1.54, 1.807) is 19.2 Å². The number of likely N-dealkylation sites (N-methyl/N-ethyl adjacent to an activating group) is 2. The Kier molecular flexibility index (Phi) is 5.07. The van der Waals surface area contributed by atoms with Gasteiger partial charge in [-0.15, -0.1) is 0 Å². The number of hydrogen-bond donors (Lipinski definition) is 1. The van der Waals surface area contributed by atoms with Crippen LogP contribution in [0.3, 0.4) is 0 Å². The summed E-state index contributed by atoms with van der Waals surface area (Å²) in [6, 6.07) is 13.6. The second-order valence-electron chi connectivity index (χ2n) is 6.04. The molecule has 25 heavy (non-hydrogen) atoms. The smallest absolute Gasteiger partial charge is 0.321 e. The summed E-state index contributed by atoms with van der Waals surface area (Å²) in [7, 11) is 1.68. The maximum absolute atomic E-state index is 13.7. The quantitative estimate of drug-likeness (QED) is 0.923. The van der Waals surface area contributed by atoms with Crippen molar-refractivity contribution in [2.24, 2.45) is 0 Å². The summed E-state index contributed by atoms with van der Waals surface area (Å²) in [4.78, 5) is 16.1. The number of carbonyl (C=O) groups excluding carboxylic acids is 1. The Balaban J connectivity index is 1.64. The number of nitrogens with one attached hydrogen (secondary N) is 1. The van der Waals surface area contributed by atoms with Crippen LogP contribution in [0.25, 0.3) is 0 Å². The summed E-state index contributed by atoms with van der Waals surface area (Å²) < 4.78 is 19.7. The topological polar surface area (TPSA) is 44.8 Å². The molecule has 6 heteroatoms. The molecule has 2 aromatic carbocycles. The third-order valence-corrected chi connectivity index (χ3v) is 4.24. The molecule has 0 saturated carbocycles. The second-order valence-corrected chi connectivity index (χ2v) is 6.04. The summed E-state index contributed by atoms with van der Waals surface area (Å²) in [5.41, 5.74) is 1.24. The van der Waals surface area contributed by atoms with E-state index in [1.165, 1.54) is 17.0 Å². The van der Waals surface area contributed by atoms with Crippen LogP contribution >= 0.6 is 0 Å². The first-order valence-electron chi connectivity index (χ1n) is 8.35. The van der Waals surface area contributed by atoms with Crippen molar-refractivity contribution in [2.75, 3.05) is 36.9 Å². The molecule has 3 rings (SSSR count). The lowest BCUT2D eigenvalue weighted by Gasteiger charge is -2.37. The first-order chi connectivity index (χ1) is 12.1. The lowest BCUT2D eigenvalue weighted by Crippen LogP contribution is -2.47. The van der Waals surface area contributed by atoms with Gasteiger partial charge in [0.05, 0.1) is 24.5 Å². The predicted octanol–water partition coefficient (Wildman–Crippen LogP) is 3.58. The van der Waals surface area contributed by atoms with E-state index in [2.05, 4.69) is 17.1 Å². The van der Waals surface area contributed by atoms with Crippen molar-refractivity contribution >= 4 is 17.4 Å². The third kappa shape index (κ3) is 3.84. The highest BCUT2D eigenvalue weighted by Crippen LogP contribution is 2.32. The van der Waals surface area contributed by atoms with E-state index in [9.17, 15) is 9.18 Å². The summed E-state index contributed by atoms with van der Waals surface area (Å²) in [5, 5.41) is 2.59. The molecular weight excluding hydrogens is 321 g/mol. The minimum atomic E-state index is -0.454. The summed E-state index contributed by atoms with van der Waals surface area (Å²) in [6.45, 7) is 4.06. The molecule has 0 radical (unpaired) electrons. The van der Waals surface area contributed by atoms with Crippen LogP contribution in [0.5, 0.6) is 5.75 Å². The Bertz CT molecular complexity index is 753. The molecule has 5 nitrogen and oxygen atoms in total. The summed E-state index contributed by atoms with van der Waals surface area (Å²) in [5.74, 6) is 0.368. The number of benzene rings is 2. The normalized spacial score (nSPS) is 16.0. The van der Waals surface area contributed by atoms with Gasteiger partial charge in [-0.25, -0.2) is 9.18 Å². The summed E-state index contributed by atoms with van der Waals surface area (Å²) >= 11 is 0. The van der Waals surface area contributed by atoms with E-state index in [0.717, 1.165) is 18.0 Å². The molecule has 0 saturated heterocycles. The van der Waals surface area contributed by atoms with E-state index < -0.39 is 5.82 Å². The highest BCUT2D eigenvalue weighted by molar-refractivity contribution is 5.89. The number of halogens is 1. The predicted molar refractivity (Wildman–Crippen MR) is 96.8 cm³/mol. The Labute approximate surface area is 147 Å². The van der Waals surface area contributed by atoms with Crippen molar-refractivity contribution in [3.8, 4) is 5.75 Å². The molecule has 0 bridgehead atoms. The molecular formula is C19H22FN3O2. The van der Waals surface area contributed by atoms with Crippen LogP contribution in [0.15, 0.2) is 48.5 Å². The van der Waals surface area contributed by atoms with E-state index in [-0.39, 0.29) is 17.8 Å². The number of nitrogens with zero attached hydrogens (tertiary/aromatic N) is 2. The van der Waals surface area contributed by atoms with Gasteiger partial charge in [-0.1, -0.05) is 24.3 Å². The van der Waals surface area contributed by atoms with Gasteiger partial charge < -0.3 is 19.9 Å². The van der Waals surface area contributed by atoms with Crippen LogP contribution in [0.4, 0.5) is 20.6 Å². The van der Waals surface area contributed by atoms with Gasteiger partial charge in [-0.3, -0.25) is 0 Å². The minimum Gasteiger partial charge on any atom is -0.485 e. The van der Waals surface area contributed by atoms with Crippen molar-refractivity contribution < 1.29 is 13.9 Å². The van der Waals surface area contributed by atoms with Gasteiger partial charge in [-0.05, 0) is 31.2 Å². The lowest BCUT2D eigenvalue weighted by molar-refractivity contribution is 0.150. The molecule has 0 spiro atoms. The number of amides is 2. The molecule has 0 aliphatic carbocycles. The van der Waals surface area contributed by atoms with Gasteiger partial charge >= 0.3 is 6.03 Å². The van der Waals surface area contributed by atoms with Crippen LogP contribution in [0, 0.1) is 5.82 Å². The molecule has 1 atom stereocenters. The fourth-order valence-corrected chi connectivity index (χ4v) is 2.94. The van der Waals surface area contributed by atoms with Crippen LogP contribution < -0.4 is 15.0 Å². The number of rotatable bonds is 4. The van der Waals surface area contributed by atoms with Crippen LogP contribution in [0.2, 0.25) is 0 Å². The SMILES string of the molecule is CCN1C[C@@H](CN(C)C(=O)Nc2ccccc2F)Oc2ccccc21. The monoisotopic (exact) mass is 343 g/mol. The molecule has 0 unspecified atom stereocenters. The second kappa shape index (κ2) is 7.42. The van der Waals surface area contributed by atoms with Crippen LogP contribution in [0.1, 0.15) is 6.92 Å². The summed E-state index contributed by atoms with van der Waals surface area (Å²) in [6.07, 6.45) is -0.147. The first kappa shape index (κ1) is 17.1. The maximum atomic E-state index is 13.7. The average Bonchev–Trinajstić information content (AvgIpc) is 2.62. The number of fused-ring (bicyclic) bond motifs is 1. The minimum absolute atomic E-state index is 0.147. The Morgan fingerprint density at radius 2 is 2.00 bits per heavy atom. The average molecular weight is 343 g/mol. The standard InChI is InChI=1S/C19H22FN3O2/c1-3-23-13-14(25-18-11-7-6-10-17(18)23)12-22(2)19(24)21-16-9-5-4-8-15(16)20/h4-11,14H,3,12-13H2,1-2H3,(H,21,24)/t14-/m1/s1. The third-order valence-electron chi connectivity index (χ3n) is 4.24. The van der Waals surface area contributed by atoms with Crippen molar-refractivity contribution in [1.82, 2.24) is 4.90 Å². The van der Waals surface area contributed by atoms with Gasteiger partial charge in [0.1, 0.15) is 17.7 Å². The molecule has 2 amide bonds. The molecule has 1 heterocycles. The van der Waals surface area contributed by atoms with E-state index in [0.29, 0.717) is 13.1 Å². The Morgan fingerprint density at radius 1 is 1.28 bits per heavy atom. The van der Waals surface area contributed by atoms with Crippen molar-refractivity contribution in [2.45, 2.75) is 13.0 Å². The van der Waals surface area contributed by atoms with Gasteiger partial charge in [0.2, 0.25) is 0 Å². The lowest BCUT2D eigenvalue weighted by atomic mass is 10.2. The number of carbonyl (C=O) groups is 1. The molecule has 1 N–H and O–H groups in total.